The van der Waals surface area contributed by atoms with Gasteiger partial charge in [0.25, 0.3) is 0 Å². The van der Waals surface area contributed by atoms with E-state index in [2.05, 4.69) is 101 Å². The third-order valence-electron chi connectivity index (χ3n) is 11.3. The molecule has 0 fully saturated rings. The number of benzene rings is 2. The first-order chi connectivity index (χ1) is 28.0. The molecule has 0 amide bonds. The number of aromatic nitrogens is 9. The first-order valence-electron chi connectivity index (χ1n) is 19.5. The van der Waals surface area contributed by atoms with Crippen molar-refractivity contribution in [2.75, 3.05) is 6.61 Å². The zero-order valence-electron chi connectivity index (χ0n) is 32.1. The Morgan fingerprint density at radius 1 is 0.684 bits per heavy atom. The minimum absolute atomic E-state index is 0.0688. The molecule has 0 bridgehead atoms. The van der Waals surface area contributed by atoms with E-state index in [1.807, 2.05) is 55.0 Å². The Labute approximate surface area is 330 Å². The van der Waals surface area contributed by atoms with Crippen LogP contribution in [0.4, 0.5) is 0 Å². The molecule has 8 aromatic rings. The Kier molecular flexibility index (Phi) is 8.56. The maximum atomic E-state index is 9.95. The van der Waals surface area contributed by atoms with Crippen LogP contribution in [-0.4, -0.2) is 55.3 Å². The van der Waals surface area contributed by atoms with Gasteiger partial charge in [-0.2, -0.15) is 0 Å². The van der Waals surface area contributed by atoms with Gasteiger partial charge in [0.15, 0.2) is 16.9 Å². The van der Waals surface area contributed by atoms with Gasteiger partial charge in [0.1, 0.15) is 34.0 Å². The van der Waals surface area contributed by atoms with Crippen molar-refractivity contribution in [2.45, 2.75) is 52.4 Å². The summed E-state index contributed by atoms with van der Waals surface area (Å²) in [5, 5.41) is 9.95. The standard InChI is InChI=1S/C47H41N9O/c1-29-12-4-6-18-39(29)54-42(51-36-15-9-22-48-45(36)54)33-26-34(43-52-37-16-10-23-49-46(37)55(43)40-19-7-5-13-30(40)2)28-35(27-33)44-53-38-17-11-24-50-47(38)56(44)41-20-8-14-32(21-25-57)31(41)3/h4-6,8-18,20,22-24,26,28,33,57H,7,19,21,25,27H2,1-3H3. The SMILES string of the molecule is CC1=C(n2c(C3=CC(c4nc5cccnc5n4-c4ccccc4C)CC(c4nc5cccnc5n4-c4cccc(CCO)c4C)=C3)nc3cccnc32)CCC=C1. The Balaban J connectivity index is 1.26. The quantitative estimate of drug-likeness (QED) is 0.165. The topological polar surface area (TPSA) is 112 Å². The molecule has 10 nitrogen and oxygen atoms in total. The van der Waals surface area contributed by atoms with Crippen LogP contribution >= 0.6 is 0 Å². The van der Waals surface area contributed by atoms with E-state index in [0.29, 0.717) is 12.8 Å². The number of hydrogen-bond donors (Lipinski definition) is 1. The summed E-state index contributed by atoms with van der Waals surface area (Å²) in [5.74, 6) is 2.32. The maximum Gasteiger partial charge on any atom is 0.164 e. The Bertz CT molecular complexity index is 3010. The van der Waals surface area contributed by atoms with E-state index in [9.17, 15) is 5.11 Å². The fraction of sp³-hybridized carbons (Fsp3) is 0.191. The van der Waals surface area contributed by atoms with Crippen molar-refractivity contribution in [1.82, 2.24) is 43.6 Å². The van der Waals surface area contributed by atoms with E-state index in [-0.39, 0.29) is 12.5 Å². The number of rotatable bonds is 8. The van der Waals surface area contributed by atoms with Crippen LogP contribution in [0.5, 0.6) is 0 Å². The predicted molar refractivity (Wildman–Crippen MR) is 226 cm³/mol. The van der Waals surface area contributed by atoms with Crippen LogP contribution in [0.25, 0.3) is 61.7 Å². The molecule has 1 N–H and O–H groups in total. The van der Waals surface area contributed by atoms with Crippen molar-refractivity contribution >= 4 is 50.3 Å². The van der Waals surface area contributed by atoms with E-state index in [4.69, 9.17) is 29.9 Å². The number of aliphatic hydroxyl groups excluding tert-OH is 1. The molecule has 1 atom stereocenters. The molecule has 2 aliphatic rings. The van der Waals surface area contributed by atoms with Gasteiger partial charge in [-0.05, 0) is 129 Å². The average Bonchev–Trinajstić information content (AvgIpc) is 3.94. The van der Waals surface area contributed by atoms with Gasteiger partial charge < -0.3 is 5.11 Å². The van der Waals surface area contributed by atoms with E-state index in [0.717, 1.165) is 103 Å². The highest BCUT2D eigenvalue weighted by Gasteiger charge is 2.31. The molecule has 6 aromatic heterocycles. The second-order valence-corrected chi connectivity index (χ2v) is 14.9. The number of aryl methyl sites for hydroxylation is 1. The predicted octanol–water partition coefficient (Wildman–Crippen LogP) is 9.29. The lowest BCUT2D eigenvalue weighted by Gasteiger charge is -2.25. The maximum absolute atomic E-state index is 9.95. The first-order valence-corrected chi connectivity index (χ1v) is 19.5. The number of pyridine rings is 3. The molecule has 0 aliphatic heterocycles. The van der Waals surface area contributed by atoms with Crippen molar-refractivity contribution in [3.63, 3.8) is 0 Å². The summed E-state index contributed by atoms with van der Waals surface area (Å²) >= 11 is 0. The monoisotopic (exact) mass is 747 g/mol. The van der Waals surface area contributed by atoms with Gasteiger partial charge in [-0.3, -0.25) is 13.7 Å². The normalized spacial score (nSPS) is 15.9. The van der Waals surface area contributed by atoms with Crippen LogP contribution in [0, 0.1) is 13.8 Å². The number of hydrogen-bond acceptors (Lipinski definition) is 7. The number of para-hydroxylation sites is 1. The molecule has 2 aliphatic carbocycles. The van der Waals surface area contributed by atoms with E-state index < -0.39 is 0 Å². The second-order valence-electron chi connectivity index (χ2n) is 14.9. The highest BCUT2D eigenvalue weighted by atomic mass is 16.3. The molecule has 57 heavy (non-hydrogen) atoms. The summed E-state index contributed by atoms with van der Waals surface area (Å²) < 4.78 is 6.67. The van der Waals surface area contributed by atoms with Gasteiger partial charge in [0, 0.05) is 42.4 Å². The zero-order chi connectivity index (χ0) is 38.6. The van der Waals surface area contributed by atoms with E-state index in [1.54, 1.807) is 0 Å². The fourth-order valence-corrected chi connectivity index (χ4v) is 8.58. The lowest BCUT2D eigenvalue weighted by Crippen LogP contribution is -2.15. The van der Waals surface area contributed by atoms with Gasteiger partial charge >= 0.3 is 0 Å². The molecule has 10 rings (SSSR count). The molecule has 1 unspecified atom stereocenters. The number of nitrogens with zero attached hydrogens (tertiary/aromatic N) is 9. The summed E-state index contributed by atoms with van der Waals surface area (Å²) in [5.41, 5.74) is 14.6. The number of imidazole rings is 3. The summed E-state index contributed by atoms with van der Waals surface area (Å²) in [6, 6.07) is 26.6. The van der Waals surface area contributed by atoms with Crippen molar-refractivity contribution in [3.8, 4) is 11.4 Å². The van der Waals surface area contributed by atoms with E-state index >= 15 is 0 Å². The summed E-state index contributed by atoms with van der Waals surface area (Å²) in [4.78, 5) is 30.7. The molecule has 6 heterocycles. The summed E-state index contributed by atoms with van der Waals surface area (Å²) in [7, 11) is 0. The summed E-state index contributed by atoms with van der Waals surface area (Å²) in [6.45, 7) is 6.49. The molecule has 0 radical (unpaired) electrons. The first kappa shape index (κ1) is 34.7. The van der Waals surface area contributed by atoms with Crippen molar-refractivity contribution in [2.24, 2.45) is 0 Å². The van der Waals surface area contributed by atoms with E-state index in [1.165, 1.54) is 11.3 Å². The lowest BCUT2D eigenvalue weighted by molar-refractivity contribution is 0.299. The van der Waals surface area contributed by atoms with Gasteiger partial charge in [0.2, 0.25) is 0 Å². The molecular weight excluding hydrogens is 707 g/mol. The van der Waals surface area contributed by atoms with Crippen molar-refractivity contribution in [1.29, 1.82) is 0 Å². The number of allylic oxidation sites excluding steroid dienone is 8. The smallest absolute Gasteiger partial charge is 0.164 e. The molecule has 280 valence electrons. The average molecular weight is 748 g/mol. The minimum Gasteiger partial charge on any atom is -0.396 e. The highest BCUT2D eigenvalue weighted by Crippen LogP contribution is 2.43. The lowest BCUT2D eigenvalue weighted by atomic mass is 9.88. The highest BCUT2D eigenvalue weighted by molar-refractivity contribution is 5.91. The fourth-order valence-electron chi connectivity index (χ4n) is 8.58. The van der Waals surface area contributed by atoms with Crippen LogP contribution in [-0.2, 0) is 6.42 Å². The largest absolute Gasteiger partial charge is 0.396 e. The molecule has 0 saturated heterocycles. The van der Waals surface area contributed by atoms with Crippen molar-refractivity contribution in [3.05, 3.63) is 161 Å². The second kappa shape index (κ2) is 14.1. The molecule has 2 aromatic carbocycles. The van der Waals surface area contributed by atoms with Gasteiger partial charge in [-0.15, -0.1) is 0 Å². The third kappa shape index (κ3) is 5.83. The zero-order valence-corrected chi connectivity index (χ0v) is 32.1. The number of aliphatic hydroxyl groups is 1. The Hall–Kier alpha value is -6.78. The Morgan fingerprint density at radius 3 is 2.07 bits per heavy atom. The van der Waals surface area contributed by atoms with Crippen LogP contribution in [0.15, 0.2) is 127 Å². The van der Waals surface area contributed by atoms with Crippen molar-refractivity contribution < 1.29 is 5.11 Å². The third-order valence-corrected chi connectivity index (χ3v) is 11.3. The summed E-state index contributed by atoms with van der Waals surface area (Å²) in [6.07, 6.45) is 17.5. The van der Waals surface area contributed by atoms with Gasteiger partial charge in [-0.25, -0.2) is 29.9 Å². The van der Waals surface area contributed by atoms with Crippen LogP contribution < -0.4 is 0 Å². The molecule has 0 saturated carbocycles. The van der Waals surface area contributed by atoms with Crippen LogP contribution in [0.1, 0.15) is 66.3 Å². The van der Waals surface area contributed by atoms with Gasteiger partial charge in [0.05, 0.1) is 11.4 Å². The Morgan fingerprint density at radius 2 is 1.35 bits per heavy atom. The van der Waals surface area contributed by atoms with Crippen LogP contribution in [0.2, 0.25) is 0 Å². The number of fused-ring (bicyclic) bond motifs is 3. The molecular formula is C47H41N9O. The molecule has 10 heteroatoms. The van der Waals surface area contributed by atoms with Gasteiger partial charge in [-0.1, -0.05) is 48.6 Å². The minimum atomic E-state index is -0.195. The van der Waals surface area contributed by atoms with Crippen LogP contribution in [0.3, 0.4) is 0 Å². The molecule has 0 spiro atoms.